The summed E-state index contributed by atoms with van der Waals surface area (Å²) in [4.78, 5) is 12.9. The van der Waals surface area contributed by atoms with Gasteiger partial charge in [0.25, 0.3) is 11.8 Å². The Labute approximate surface area is 119 Å². The molecule has 1 aliphatic heterocycles. The molecule has 0 atom stereocenters. The second-order valence-corrected chi connectivity index (χ2v) is 5.38. The van der Waals surface area contributed by atoms with Crippen LogP contribution in [0.4, 0.5) is 22.0 Å². The maximum atomic E-state index is 13.0. The van der Waals surface area contributed by atoms with Crippen molar-refractivity contribution in [2.24, 2.45) is 0 Å². The van der Waals surface area contributed by atoms with Gasteiger partial charge >= 0.3 is 6.18 Å². The number of carbonyl (C=O) groups excluding carboxylic acids is 1. The minimum Gasteiger partial charge on any atom is -0.332 e. The maximum Gasteiger partial charge on any atom is 0.417 e. The maximum absolute atomic E-state index is 13.0. The normalized spacial score (nSPS) is 18.4. The summed E-state index contributed by atoms with van der Waals surface area (Å²) >= 11 is 2.74. The predicted octanol–water partition coefficient (Wildman–Crippen LogP) is 3.95. The highest BCUT2D eigenvalue weighted by atomic mass is 79.9. The van der Waals surface area contributed by atoms with Crippen LogP contribution in [0.25, 0.3) is 0 Å². The molecule has 8 heteroatoms. The lowest BCUT2D eigenvalue weighted by Gasteiger charge is -2.17. The molecule has 2 nitrogen and oxygen atoms in total. The largest absolute Gasteiger partial charge is 0.417 e. The van der Waals surface area contributed by atoms with Gasteiger partial charge in [0, 0.05) is 23.0 Å². The van der Waals surface area contributed by atoms with Crippen molar-refractivity contribution in [3.05, 3.63) is 33.8 Å². The number of hydrogen-bond donors (Lipinski definition) is 0. The summed E-state index contributed by atoms with van der Waals surface area (Å²) in [6, 6.07) is 2.75. The van der Waals surface area contributed by atoms with Crippen molar-refractivity contribution in [1.82, 2.24) is 4.90 Å². The first-order valence-electron chi connectivity index (χ1n) is 5.64. The van der Waals surface area contributed by atoms with Gasteiger partial charge in [-0.2, -0.15) is 13.2 Å². The second-order valence-electron chi connectivity index (χ2n) is 4.53. The van der Waals surface area contributed by atoms with Crippen LogP contribution in [0.5, 0.6) is 0 Å². The summed E-state index contributed by atoms with van der Waals surface area (Å²) in [6.07, 6.45) is -4.97. The Bertz CT molecular complexity index is 543. The van der Waals surface area contributed by atoms with E-state index >= 15 is 0 Å². The number of halogens is 6. The molecule has 1 aliphatic rings. The van der Waals surface area contributed by atoms with E-state index in [1.807, 2.05) is 0 Å². The zero-order chi connectivity index (χ0) is 15.1. The molecule has 110 valence electrons. The summed E-state index contributed by atoms with van der Waals surface area (Å²) < 4.78 is 63.4. The van der Waals surface area contributed by atoms with E-state index in [1.165, 1.54) is 0 Å². The fourth-order valence-corrected chi connectivity index (χ4v) is 2.57. The van der Waals surface area contributed by atoms with Crippen LogP contribution >= 0.6 is 15.9 Å². The Morgan fingerprint density at radius 2 is 1.95 bits per heavy atom. The number of benzene rings is 1. The van der Waals surface area contributed by atoms with Gasteiger partial charge in [0.15, 0.2) is 0 Å². The standard InChI is InChI=1S/C12H9BrF5NO/c13-9-5-7(1-2-8(9)12(16,17)18)10(20)19-4-3-11(14,15)6-19/h1-2,5H,3-4,6H2. The van der Waals surface area contributed by atoms with Crippen LogP contribution in [-0.4, -0.2) is 29.8 Å². The average Bonchev–Trinajstić information content (AvgIpc) is 2.67. The monoisotopic (exact) mass is 357 g/mol. The summed E-state index contributed by atoms with van der Waals surface area (Å²) in [7, 11) is 0. The van der Waals surface area contributed by atoms with E-state index in [-0.39, 0.29) is 16.6 Å². The second kappa shape index (κ2) is 4.98. The van der Waals surface area contributed by atoms with Crippen molar-refractivity contribution in [2.75, 3.05) is 13.1 Å². The SMILES string of the molecule is O=C(c1ccc(C(F)(F)F)c(Br)c1)N1CCC(F)(F)C1. The molecule has 0 spiro atoms. The lowest BCUT2D eigenvalue weighted by atomic mass is 10.1. The average molecular weight is 358 g/mol. The molecule has 20 heavy (non-hydrogen) atoms. The summed E-state index contributed by atoms with van der Waals surface area (Å²) in [6.45, 7) is -0.811. The topological polar surface area (TPSA) is 20.3 Å². The van der Waals surface area contributed by atoms with Crippen LogP contribution in [0.1, 0.15) is 22.3 Å². The van der Waals surface area contributed by atoms with Crippen molar-refractivity contribution < 1.29 is 26.7 Å². The summed E-state index contributed by atoms with van der Waals surface area (Å²) in [5.74, 6) is -3.63. The molecule has 0 unspecified atom stereocenters. The molecule has 0 saturated carbocycles. The van der Waals surface area contributed by atoms with Crippen LogP contribution < -0.4 is 0 Å². The van der Waals surface area contributed by atoms with Gasteiger partial charge in [-0.25, -0.2) is 8.78 Å². The number of amides is 1. The highest BCUT2D eigenvalue weighted by molar-refractivity contribution is 9.10. The third-order valence-electron chi connectivity index (χ3n) is 2.98. The molecule has 0 aromatic heterocycles. The lowest BCUT2D eigenvalue weighted by Crippen LogP contribution is -2.31. The molecule has 2 rings (SSSR count). The van der Waals surface area contributed by atoms with Gasteiger partial charge in [-0.3, -0.25) is 4.79 Å². The summed E-state index contributed by atoms with van der Waals surface area (Å²) in [5.41, 5.74) is -0.969. The van der Waals surface area contributed by atoms with Crippen LogP contribution in [0.2, 0.25) is 0 Å². The van der Waals surface area contributed by atoms with Gasteiger partial charge in [0.2, 0.25) is 0 Å². The number of rotatable bonds is 1. The van der Waals surface area contributed by atoms with Crippen molar-refractivity contribution in [3.8, 4) is 0 Å². The zero-order valence-electron chi connectivity index (χ0n) is 9.98. The number of carbonyl (C=O) groups is 1. The summed E-state index contributed by atoms with van der Waals surface area (Å²) in [5, 5.41) is 0. The molecule has 0 radical (unpaired) electrons. The Morgan fingerprint density at radius 3 is 2.40 bits per heavy atom. The molecular weight excluding hydrogens is 349 g/mol. The van der Waals surface area contributed by atoms with Crippen LogP contribution in [0, 0.1) is 0 Å². The number of hydrogen-bond acceptors (Lipinski definition) is 1. The van der Waals surface area contributed by atoms with E-state index in [4.69, 9.17) is 0 Å². The third kappa shape index (κ3) is 3.11. The molecule has 0 N–H and O–H groups in total. The van der Waals surface area contributed by atoms with Crippen molar-refractivity contribution >= 4 is 21.8 Å². The lowest BCUT2D eigenvalue weighted by molar-refractivity contribution is -0.138. The molecular formula is C12H9BrF5NO. The van der Waals surface area contributed by atoms with Gasteiger partial charge < -0.3 is 4.90 Å². The zero-order valence-corrected chi connectivity index (χ0v) is 11.6. The van der Waals surface area contributed by atoms with Crippen LogP contribution in [0.15, 0.2) is 22.7 Å². The smallest absolute Gasteiger partial charge is 0.332 e. The minimum absolute atomic E-state index is 0.0532. The van der Waals surface area contributed by atoms with Crippen molar-refractivity contribution in [2.45, 2.75) is 18.5 Å². The van der Waals surface area contributed by atoms with E-state index in [2.05, 4.69) is 15.9 Å². The number of alkyl halides is 5. The molecule has 0 bridgehead atoms. The predicted molar refractivity (Wildman–Crippen MR) is 64.6 cm³/mol. The highest BCUT2D eigenvalue weighted by Gasteiger charge is 2.40. The van der Waals surface area contributed by atoms with E-state index in [0.29, 0.717) is 0 Å². The molecule has 0 aliphatic carbocycles. The van der Waals surface area contributed by atoms with Crippen LogP contribution in [0.3, 0.4) is 0 Å². The minimum atomic E-state index is -4.54. The van der Waals surface area contributed by atoms with E-state index < -0.39 is 36.5 Å². The molecule has 1 aromatic rings. The number of likely N-dealkylation sites (tertiary alicyclic amines) is 1. The van der Waals surface area contributed by atoms with Gasteiger partial charge in [-0.1, -0.05) is 15.9 Å². The van der Waals surface area contributed by atoms with Gasteiger partial charge in [0.05, 0.1) is 12.1 Å². The molecule has 1 saturated heterocycles. The molecule has 1 aromatic carbocycles. The van der Waals surface area contributed by atoms with Gasteiger partial charge in [-0.15, -0.1) is 0 Å². The van der Waals surface area contributed by atoms with Crippen molar-refractivity contribution in [1.29, 1.82) is 0 Å². The third-order valence-corrected chi connectivity index (χ3v) is 3.63. The first-order chi connectivity index (χ1) is 9.10. The Balaban J connectivity index is 2.22. The Morgan fingerprint density at radius 1 is 1.30 bits per heavy atom. The highest BCUT2D eigenvalue weighted by Crippen LogP contribution is 2.35. The molecule has 1 heterocycles. The van der Waals surface area contributed by atoms with E-state index in [9.17, 15) is 26.7 Å². The van der Waals surface area contributed by atoms with Crippen molar-refractivity contribution in [3.63, 3.8) is 0 Å². The fraction of sp³-hybridized carbons (Fsp3) is 0.417. The first kappa shape index (κ1) is 15.2. The van der Waals surface area contributed by atoms with Crippen LogP contribution in [-0.2, 0) is 6.18 Å². The van der Waals surface area contributed by atoms with Gasteiger partial charge in [0.1, 0.15) is 0 Å². The first-order valence-corrected chi connectivity index (χ1v) is 6.43. The fourth-order valence-electron chi connectivity index (χ4n) is 1.97. The Hall–Kier alpha value is -1.18. The van der Waals surface area contributed by atoms with E-state index in [0.717, 1.165) is 23.1 Å². The quantitative estimate of drug-likeness (QED) is 0.697. The number of nitrogens with zero attached hydrogens (tertiary/aromatic N) is 1. The molecule has 1 amide bonds. The van der Waals surface area contributed by atoms with E-state index in [1.54, 1.807) is 0 Å². The Kier molecular flexibility index (Phi) is 3.79. The van der Waals surface area contributed by atoms with Gasteiger partial charge in [-0.05, 0) is 18.2 Å². The molecule has 1 fully saturated rings.